The standard InChI is InChI=1S/C22H31N3O2/c1-17-7-5-6-8-21(17)24-11-9-23(10-12-24)16-22(26)20-15-18(2)25(19(20)3)13-14-27-4/h5-8,15H,9-14,16H2,1-4H3/p+1. The van der Waals surface area contributed by atoms with Gasteiger partial charge in [-0.05, 0) is 38.5 Å². The van der Waals surface area contributed by atoms with Crippen LogP contribution in [0.4, 0.5) is 5.69 Å². The van der Waals surface area contributed by atoms with Crippen LogP contribution in [0.2, 0.25) is 0 Å². The van der Waals surface area contributed by atoms with E-state index in [1.165, 1.54) is 16.2 Å². The monoisotopic (exact) mass is 370 g/mol. The highest BCUT2D eigenvalue weighted by Gasteiger charge is 2.25. The van der Waals surface area contributed by atoms with Gasteiger partial charge in [0, 0.05) is 36.3 Å². The summed E-state index contributed by atoms with van der Waals surface area (Å²) in [6, 6.07) is 10.6. The molecular weight excluding hydrogens is 338 g/mol. The number of nitrogens with one attached hydrogen (secondary N) is 1. The molecule has 0 atom stereocenters. The number of piperazine rings is 1. The lowest BCUT2D eigenvalue weighted by Crippen LogP contribution is -3.15. The number of Topliss-reactive ketones (excluding diaryl/α,β-unsaturated/α-hetero) is 1. The second-order valence-corrected chi connectivity index (χ2v) is 7.55. The highest BCUT2D eigenvalue weighted by molar-refractivity contribution is 5.98. The number of ether oxygens (including phenoxy) is 1. The summed E-state index contributed by atoms with van der Waals surface area (Å²) in [6.45, 7) is 12.3. The molecule has 1 fully saturated rings. The Bertz CT molecular complexity index is 789. The Kier molecular flexibility index (Phi) is 6.34. The highest BCUT2D eigenvalue weighted by atomic mass is 16.5. The van der Waals surface area contributed by atoms with Crippen LogP contribution in [0.25, 0.3) is 0 Å². The first kappa shape index (κ1) is 19.6. The van der Waals surface area contributed by atoms with E-state index in [4.69, 9.17) is 4.74 Å². The molecule has 2 aromatic rings. The summed E-state index contributed by atoms with van der Waals surface area (Å²) in [5.74, 6) is 0.256. The van der Waals surface area contributed by atoms with E-state index in [0.29, 0.717) is 13.2 Å². The van der Waals surface area contributed by atoms with Crippen LogP contribution in [0, 0.1) is 20.8 Å². The molecule has 1 N–H and O–H groups in total. The van der Waals surface area contributed by atoms with Crippen LogP contribution in [0.15, 0.2) is 30.3 Å². The number of ketones is 1. The van der Waals surface area contributed by atoms with Crippen molar-refractivity contribution in [3.05, 3.63) is 52.8 Å². The van der Waals surface area contributed by atoms with Gasteiger partial charge in [0.25, 0.3) is 0 Å². The summed E-state index contributed by atoms with van der Waals surface area (Å²) in [5.41, 5.74) is 5.71. The molecule has 1 aliphatic heterocycles. The minimum Gasteiger partial charge on any atom is -0.383 e. The number of nitrogens with zero attached hydrogens (tertiary/aromatic N) is 2. The number of methoxy groups -OCH3 is 1. The average Bonchev–Trinajstić information content (AvgIpc) is 2.95. The third-order valence-corrected chi connectivity index (χ3v) is 5.73. The summed E-state index contributed by atoms with van der Waals surface area (Å²) in [4.78, 5) is 16.7. The number of aryl methyl sites for hydroxylation is 2. The Labute approximate surface area is 162 Å². The first-order valence-corrected chi connectivity index (χ1v) is 9.84. The predicted molar refractivity (Wildman–Crippen MR) is 109 cm³/mol. The van der Waals surface area contributed by atoms with Crippen molar-refractivity contribution in [3.8, 4) is 0 Å². The SMILES string of the molecule is COCCn1c(C)cc(C(=O)C[NH+]2CCN(c3ccccc3C)CC2)c1C. The van der Waals surface area contributed by atoms with Gasteiger partial charge in [0.1, 0.15) is 6.54 Å². The molecule has 146 valence electrons. The first-order valence-electron chi connectivity index (χ1n) is 9.84. The van der Waals surface area contributed by atoms with Gasteiger partial charge in [-0.15, -0.1) is 0 Å². The first-order chi connectivity index (χ1) is 13.0. The number of para-hydroxylation sites is 1. The molecule has 5 heteroatoms. The quantitative estimate of drug-likeness (QED) is 0.754. The van der Waals surface area contributed by atoms with Crippen LogP contribution in [0.5, 0.6) is 0 Å². The molecule has 2 heterocycles. The fraction of sp³-hybridized carbons (Fsp3) is 0.500. The average molecular weight is 371 g/mol. The molecule has 3 rings (SSSR count). The molecular formula is C22H32N3O2+. The van der Waals surface area contributed by atoms with E-state index in [0.717, 1.165) is 49.7 Å². The summed E-state index contributed by atoms with van der Waals surface area (Å²) >= 11 is 0. The van der Waals surface area contributed by atoms with Crippen LogP contribution < -0.4 is 9.80 Å². The molecule has 0 saturated carbocycles. The fourth-order valence-electron chi connectivity index (χ4n) is 4.09. The van der Waals surface area contributed by atoms with Gasteiger partial charge in [-0.25, -0.2) is 0 Å². The van der Waals surface area contributed by atoms with Crippen molar-refractivity contribution in [3.63, 3.8) is 0 Å². The van der Waals surface area contributed by atoms with Crippen LogP contribution in [0.1, 0.15) is 27.3 Å². The van der Waals surface area contributed by atoms with Gasteiger partial charge in [-0.3, -0.25) is 4.79 Å². The van der Waals surface area contributed by atoms with Gasteiger partial charge in [-0.1, -0.05) is 18.2 Å². The van der Waals surface area contributed by atoms with Crippen molar-refractivity contribution >= 4 is 11.5 Å². The van der Waals surface area contributed by atoms with E-state index in [2.05, 4.69) is 47.6 Å². The molecule has 0 bridgehead atoms. The maximum Gasteiger partial charge on any atom is 0.218 e. The molecule has 1 aromatic carbocycles. The molecule has 0 radical (unpaired) electrons. The Morgan fingerprint density at radius 2 is 1.85 bits per heavy atom. The minimum atomic E-state index is 0.256. The third-order valence-electron chi connectivity index (χ3n) is 5.73. The van der Waals surface area contributed by atoms with Crippen molar-refractivity contribution in [2.45, 2.75) is 27.3 Å². The van der Waals surface area contributed by atoms with Crippen LogP contribution in [-0.2, 0) is 11.3 Å². The van der Waals surface area contributed by atoms with E-state index in [9.17, 15) is 4.79 Å². The van der Waals surface area contributed by atoms with E-state index in [-0.39, 0.29) is 5.78 Å². The zero-order valence-corrected chi connectivity index (χ0v) is 17.0. The largest absolute Gasteiger partial charge is 0.383 e. The van der Waals surface area contributed by atoms with E-state index in [1.807, 2.05) is 13.0 Å². The summed E-state index contributed by atoms with van der Waals surface area (Å²) < 4.78 is 7.37. The van der Waals surface area contributed by atoms with Crippen molar-refractivity contribution in [2.24, 2.45) is 0 Å². The van der Waals surface area contributed by atoms with Crippen LogP contribution in [-0.4, -0.2) is 56.8 Å². The number of anilines is 1. The molecule has 0 aliphatic carbocycles. The molecule has 0 amide bonds. The highest BCUT2D eigenvalue weighted by Crippen LogP contribution is 2.19. The summed E-state index contributed by atoms with van der Waals surface area (Å²) in [7, 11) is 1.71. The predicted octanol–water partition coefficient (Wildman–Crippen LogP) is 1.65. The number of aromatic nitrogens is 1. The minimum absolute atomic E-state index is 0.256. The fourth-order valence-corrected chi connectivity index (χ4v) is 4.09. The Morgan fingerprint density at radius 3 is 2.52 bits per heavy atom. The Morgan fingerprint density at radius 1 is 1.15 bits per heavy atom. The number of quaternary nitrogens is 1. The van der Waals surface area contributed by atoms with Gasteiger partial charge in [0.15, 0.2) is 0 Å². The lowest BCUT2D eigenvalue weighted by Gasteiger charge is -2.34. The second-order valence-electron chi connectivity index (χ2n) is 7.55. The van der Waals surface area contributed by atoms with Gasteiger partial charge in [0.05, 0.1) is 32.8 Å². The Hall–Kier alpha value is -2.11. The molecule has 0 unspecified atom stereocenters. The molecule has 0 spiro atoms. The van der Waals surface area contributed by atoms with Crippen molar-refractivity contribution in [1.82, 2.24) is 4.57 Å². The third kappa shape index (κ3) is 4.42. The second kappa shape index (κ2) is 8.72. The van der Waals surface area contributed by atoms with E-state index < -0.39 is 0 Å². The van der Waals surface area contributed by atoms with Crippen molar-refractivity contribution in [1.29, 1.82) is 0 Å². The molecule has 5 nitrogen and oxygen atoms in total. The molecule has 1 aromatic heterocycles. The topological polar surface area (TPSA) is 38.9 Å². The number of hydrogen-bond acceptors (Lipinski definition) is 3. The lowest BCUT2D eigenvalue weighted by atomic mass is 10.1. The zero-order valence-electron chi connectivity index (χ0n) is 17.0. The lowest BCUT2D eigenvalue weighted by molar-refractivity contribution is -0.892. The van der Waals surface area contributed by atoms with E-state index >= 15 is 0 Å². The maximum absolute atomic E-state index is 12.9. The van der Waals surface area contributed by atoms with Gasteiger partial charge in [0.2, 0.25) is 5.78 Å². The number of carbonyl (C=O) groups excluding carboxylic acids is 1. The number of carbonyl (C=O) groups is 1. The van der Waals surface area contributed by atoms with Crippen LogP contribution in [0.3, 0.4) is 0 Å². The van der Waals surface area contributed by atoms with Gasteiger partial charge < -0.3 is 19.1 Å². The summed E-state index contributed by atoms with van der Waals surface area (Å²) in [5, 5.41) is 0. The zero-order chi connectivity index (χ0) is 19.4. The van der Waals surface area contributed by atoms with E-state index in [1.54, 1.807) is 7.11 Å². The normalized spacial score (nSPS) is 15.3. The van der Waals surface area contributed by atoms with Gasteiger partial charge in [-0.2, -0.15) is 0 Å². The van der Waals surface area contributed by atoms with Crippen LogP contribution >= 0.6 is 0 Å². The van der Waals surface area contributed by atoms with Gasteiger partial charge >= 0.3 is 0 Å². The summed E-state index contributed by atoms with van der Waals surface area (Å²) in [6.07, 6.45) is 0. The molecule has 1 aliphatic rings. The number of benzene rings is 1. The number of rotatable bonds is 7. The molecule has 1 saturated heterocycles. The smallest absolute Gasteiger partial charge is 0.218 e. The van der Waals surface area contributed by atoms with Crippen molar-refractivity contribution in [2.75, 3.05) is 51.3 Å². The Balaban J connectivity index is 1.59. The molecule has 27 heavy (non-hydrogen) atoms. The van der Waals surface area contributed by atoms with Crippen molar-refractivity contribution < 1.29 is 14.4 Å². The maximum atomic E-state index is 12.9. The number of hydrogen-bond donors (Lipinski definition) is 1.